The van der Waals surface area contributed by atoms with Crippen LogP contribution in [0.1, 0.15) is 53.2 Å². The molecular weight excluding hydrogens is 390 g/mol. The second-order valence-corrected chi connectivity index (χ2v) is 9.12. The minimum atomic E-state index is -0.136. The number of fused-ring (bicyclic) bond motifs is 1. The first-order chi connectivity index (χ1) is 14.9. The summed E-state index contributed by atoms with van der Waals surface area (Å²) in [4.78, 5) is 17.5. The van der Waals surface area contributed by atoms with Gasteiger partial charge >= 0.3 is 0 Å². The van der Waals surface area contributed by atoms with Gasteiger partial charge in [-0.25, -0.2) is 0 Å². The Balaban J connectivity index is 1.53. The van der Waals surface area contributed by atoms with Gasteiger partial charge in [0.25, 0.3) is 5.91 Å². The molecule has 2 aromatic rings. The third kappa shape index (κ3) is 4.49. The number of benzene rings is 2. The van der Waals surface area contributed by atoms with Crippen LogP contribution in [0.25, 0.3) is 0 Å². The number of likely N-dealkylation sites (N-methyl/N-ethyl adjacent to an activating group) is 1. The molecule has 1 saturated heterocycles. The predicted molar refractivity (Wildman–Crippen MR) is 123 cm³/mol. The molecule has 0 aromatic heterocycles. The van der Waals surface area contributed by atoms with Gasteiger partial charge in [-0.1, -0.05) is 19.9 Å². The Labute approximate surface area is 184 Å². The van der Waals surface area contributed by atoms with Crippen LogP contribution in [0.2, 0.25) is 0 Å². The largest absolute Gasteiger partial charge is 0.507 e. The van der Waals surface area contributed by atoms with Crippen molar-refractivity contribution in [3.63, 3.8) is 0 Å². The number of carbonyl (C=O) groups is 1. The van der Waals surface area contributed by atoms with E-state index in [4.69, 9.17) is 4.74 Å². The lowest BCUT2D eigenvalue weighted by molar-refractivity contribution is 0.0731. The molecule has 2 aliphatic heterocycles. The monoisotopic (exact) mass is 423 g/mol. The molecule has 1 atom stereocenters. The molecule has 1 fully saturated rings. The predicted octanol–water partition coefficient (Wildman–Crippen LogP) is 3.84. The Morgan fingerprint density at radius 2 is 2.00 bits per heavy atom. The standard InChI is InChI=1S/C25H33N3O3/c1-16(2)21-12-22(23(29)13-24(21)31-4)25(30)28-10-7-17-5-6-19(11-18(17)14-28)26-20-8-9-27(3)15-20/h5-6,11-13,16,20,26,29H,7-10,14-15H2,1-4H3. The second-order valence-electron chi connectivity index (χ2n) is 9.12. The molecule has 6 nitrogen and oxygen atoms in total. The van der Waals surface area contributed by atoms with Gasteiger partial charge in [0, 0.05) is 37.4 Å². The van der Waals surface area contributed by atoms with Gasteiger partial charge in [-0.2, -0.15) is 0 Å². The lowest BCUT2D eigenvalue weighted by Gasteiger charge is -2.30. The maximum atomic E-state index is 13.3. The van der Waals surface area contributed by atoms with Crippen molar-refractivity contribution in [1.29, 1.82) is 0 Å². The summed E-state index contributed by atoms with van der Waals surface area (Å²) in [6, 6.07) is 10.3. The van der Waals surface area contributed by atoms with Crippen LogP contribution < -0.4 is 10.1 Å². The highest BCUT2D eigenvalue weighted by molar-refractivity contribution is 5.97. The van der Waals surface area contributed by atoms with Crippen molar-refractivity contribution in [3.8, 4) is 11.5 Å². The molecule has 2 aliphatic rings. The number of ether oxygens (including phenoxy) is 1. The number of aromatic hydroxyl groups is 1. The lowest BCUT2D eigenvalue weighted by atomic mass is 9.96. The van der Waals surface area contributed by atoms with Gasteiger partial charge in [0.05, 0.1) is 12.7 Å². The van der Waals surface area contributed by atoms with Crippen LogP contribution in [0.4, 0.5) is 5.69 Å². The smallest absolute Gasteiger partial charge is 0.257 e. The third-order valence-corrected chi connectivity index (χ3v) is 6.47. The minimum Gasteiger partial charge on any atom is -0.507 e. The Bertz CT molecular complexity index is 973. The zero-order chi connectivity index (χ0) is 22.1. The number of anilines is 1. The highest BCUT2D eigenvalue weighted by atomic mass is 16.5. The molecule has 0 bridgehead atoms. The molecule has 0 saturated carbocycles. The van der Waals surface area contributed by atoms with Crippen LogP contribution in [-0.2, 0) is 13.0 Å². The Kier molecular flexibility index (Phi) is 6.10. The molecular formula is C25H33N3O3. The van der Waals surface area contributed by atoms with E-state index in [1.54, 1.807) is 19.2 Å². The highest BCUT2D eigenvalue weighted by Gasteiger charge is 2.26. The van der Waals surface area contributed by atoms with E-state index in [0.717, 1.165) is 37.2 Å². The average molecular weight is 424 g/mol. The quantitative estimate of drug-likeness (QED) is 0.765. The maximum Gasteiger partial charge on any atom is 0.257 e. The van der Waals surface area contributed by atoms with Crippen LogP contribution in [0, 0.1) is 0 Å². The number of nitrogens with one attached hydrogen (secondary N) is 1. The first-order valence-corrected chi connectivity index (χ1v) is 11.1. The molecule has 166 valence electrons. The van der Waals surface area contributed by atoms with Gasteiger partial charge in [-0.3, -0.25) is 4.79 Å². The number of nitrogens with zero attached hydrogens (tertiary/aromatic N) is 2. The second kappa shape index (κ2) is 8.79. The van der Waals surface area contributed by atoms with Crippen molar-refractivity contribution in [3.05, 3.63) is 52.6 Å². The topological polar surface area (TPSA) is 65.0 Å². The number of rotatable bonds is 5. The van der Waals surface area contributed by atoms with Crippen molar-refractivity contribution >= 4 is 11.6 Å². The summed E-state index contributed by atoms with van der Waals surface area (Å²) >= 11 is 0. The van der Waals surface area contributed by atoms with Crippen LogP contribution in [0.5, 0.6) is 11.5 Å². The number of methoxy groups -OCH3 is 1. The fraction of sp³-hybridized carbons (Fsp3) is 0.480. The lowest BCUT2D eigenvalue weighted by Crippen LogP contribution is -2.36. The fourth-order valence-electron chi connectivity index (χ4n) is 4.66. The number of carbonyl (C=O) groups excluding carboxylic acids is 1. The van der Waals surface area contributed by atoms with E-state index in [9.17, 15) is 9.90 Å². The molecule has 0 aliphatic carbocycles. The molecule has 6 heteroatoms. The average Bonchev–Trinajstić information content (AvgIpc) is 3.16. The Morgan fingerprint density at radius 1 is 1.19 bits per heavy atom. The third-order valence-electron chi connectivity index (χ3n) is 6.47. The first kappa shape index (κ1) is 21.5. The minimum absolute atomic E-state index is 0.0298. The zero-order valence-corrected chi connectivity index (χ0v) is 18.9. The van der Waals surface area contributed by atoms with Crippen LogP contribution >= 0.6 is 0 Å². The van der Waals surface area contributed by atoms with Crippen LogP contribution in [0.3, 0.4) is 0 Å². The summed E-state index contributed by atoms with van der Waals surface area (Å²) in [5.74, 6) is 0.634. The Hall–Kier alpha value is -2.73. The van der Waals surface area contributed by atoms with Gasteiger partial charge in [0.2, 0.25) is 0 Å². The van der Waals surface area contributed by atoms with E-state index < -0.39 is 0 Å². The molecule has 0 radical (unpaired) electrons. The molecule has 2 heterocycles. The zero-order valence-electron chi connectivity index (χ0n) is 18.9. The van der Waals surface area contributed by atoms with E-state index >= 15 is 0 Å². The number of hydrogen-bond donors (Lipinski definition) is 2. The molecule has 31 heavy (non-hydrogen) atoms. The van der Waals surface area contributed by atoms with E-state index in [1.165, 1.54) is 11.1 Å². The van der Waals surface area contributed by atoms with Crippen molar-refractivity contribution < 1.29 is 14.6 Å². The summed E-state index contributed by atoms with van der Waals surface area (Å²) in [5, 5.41) is 14.1. The number of hydrogen-bond acceptors (Lipinski definition) is 5. The molecule has 1 amide bonds. The number of phenolic OH excluding ortho intramolecular Hbond substituents is 1. The Morgan fingerprint density at radius 3 is 2.68 bits per heavy atom. The number of phenols is 1. The summed E-state index contributed by atoms with van der Waals surface area (Å²) in [7, 11) is 3.73. The summed E-state index contributed by atoms with van der Waals surface area (Å²) < 4.78 is 5.39. The highest BCUT2D eigenvalue weighted by Crippen LogP contribution is 2.34. The number of amides is 1. The van der Waals surface area contributed by atoms with Crippen molar-refractivity contribution in [1.82, 2.24) is 9.80 Å². The number of likely N-dealkylation sites (tertiary alicyclic amines) is 1. The van der Waals surface area contributed by atoms with Crippen LogP contribution in [-0.4, -0.2) is 60.6 Å². The summed E-state index contributed by atoms with van der Waals surface area (Å²) in [5.41, 5.74) is 4.85. The van der Waals surface area contributed by atoms with Gasteiger partial charge < -0.3 is 25.0 Å². The van der Waals surface area contributed by atoms with E-state index in [0.29, 0.717) is 30.4 Å². The molecule has 0 spiro atoms. The van der Waals surface area contributed by atoms with Crippen molar-refractivity contribution in [2.45, 2.75) is 45.2 Å². The van der Waals surface area contributed by atoms with Gasteiger partial charge in [0.1, 0.15) is 11.5 Å². The maximum absolute atomic E-state index is 13.3. The molecule has 2 aromatic carbocycles. The van der Waals surface area contributed by atoms with Gasteiger partial charge in [-0.15, -0.1) is 0 Å². The van der Waals surface area contributed by atoms with Gasteiger partial charge in [0.15, 0.2) is 0 Å². The SMILES string of the molecule is COc1cc(O)c(C(=O)N2CCc3ccc(NC4CCN(C)C4)cc3C2)cc1C(C)C. The van der Waals surface area contributed by atoms with Crippen molar-refractivity contribution in [2.24, 2.45) is 0 Å². The normalized spacial score (nSPS) is 18.9. The van der Waals surface area contributed by atoms with Gasteiger partial charge in [-0.05, 0) is 67.2 Å². The summed E-state index contributed by atoms with van der Waals surface area (Å²) in [6.07, 6.45) is 1.97. The van der Waals surface area contributed by atoms with Crippen molar-refractivity contribution in [2.75, 3.05) is 39.1 Å². The van der Waals surface area contributed by atoms with Crippen LogP contribution in [0.15, 0.2) is 30.3 Å². The first-order valence-electron chi connectivity index (χ1n) is 11.1. The van der Waals surface area contributed by atoms with E-state index in [1.807, 2.05) is 4.90 Å². The van der Waals surface area contributed by atoms with E-state index in [-0.39, 0.29) is 17.6 Å². The molecule has 1 unspecified atom stereocenters. The molecule has 2 N–H and O–H groups in total. The van der Waals surface area contributed by atoms with E-state index in [2.05, 4.69) is 49.3 Å². The fourth-order valence-corrected chi connectivity index (χ4v) is 4.66. The summed E-state index contributed by atoms with van der Waals surface area (Å²) in [6.45, 7) is 7.48. The molecule has 4 rings (SSSR count).